The number of hydrogen-bond donors (Lipinski definition) is 1. The molecule has 2 aliphatic rings. The van der Waals surface area contributed by atoms with E-state index in [1.165, 1.54) is 12.1 Å². The average Bonchev–Trinajstić information content (AvgIpc) is 3.16. The summed E-state index contributed by atoms with van der Waals surface area (Å²) in [6, 6.07) is 4.23. The second-order valence-corrected chi connectivity index (χ2v) is 6.21. The zero-order chi connectivity index (χ0) is 15.2. The monoisotopic (exact) mass is 291 g/mol. The van der Waals surface area contributed by atoms with Crippen LogP contribution in [0.4, 0.5) is 4.39 Å². The van der Waals surface area contributed by atoms with Crippen molar-refractivity contribution in [2.45, 2.75) is 26.2 Å². The van der Waals surface area contributed by atoms with Crippen molar-refractivity contribution < 1.29 is 19.1 Å². The number of carboxylic acid groups (broad SMARTS) is 1. The van der Waals surface area contributed by atoms with Crippen molar-refractivity contribution in [3.63, 3.8) is 0 Å². The predicted octanol–water partition coefficient (Wildman–Crippen LogP) is 2.46. The number of carbonyl (C=O) groups is 2. The summed E-state index contributed by atoms with van der Waals surface area (Å²) in [5, 5.41) is 9.07. The molecule has 0 radical (unpaired) electrons. The van der Waals surface area contributed by atoms with Gasteiger partial charge in [0.2, 0.25) is 0 Å². The molecule has 112 valence electrons. The fourth-order valence-corrected chi connectivity index (χ4v) is 3.40. The van der Waals surface area contributed by atoms with Gasteiger partial charge in [0.05, 0.1) is 5.92 Å². The molecule has 1 amide bonds. The van der Waals surface area contributed by atoms with Crippen LogP contribution in [0.15, 0.2) is 18.2 Å². The SMILES string of the molecule is Cc1ccc(F)cc1C(=O)N1CCC2(CC1)CC2C(=O)O. The van der Waals surface area contributed by atoms with Gasteiger partial charge in [-0.25, -0.2) is 4.39 Å². The van der Waals surface area contributed by atoms with Gasteiger partial charge in [0, 0.05) is 18.7 Å². The molecule has 1 saturated carbocycles. The standard InChI is InChI=1S/C16H18FNO3/c1-10-2-3-11(17)8-12(10)14(19)18-6-4-16(5-7-18)9-13(16)15(20)21/h2-3,8,13H,4-7,9H2,1H3,(H,20,21). The third kappa shape index (κ3) is 2.41. The van der Waals surface area contributed by atoms with Gasteiger partial charge in [-0.2, -0.15) is 0 Å². The number of aliphatic carboxylic acids is 1. The van der Waals surface area contributed by atoms with Crippen molar-refractivity contribution in [2.75, 3.05) is 13.1 Å². The Bertz CT molecular complexity index is 606. The molecule has 3 rings (SSSR count). The molecule has 5 heteroatoms. The Morgan fingerprint density at radius 2 is 2.00 bits per heavy atom. The molecule has 0 aromatic heterocycles. The third-order valence-electron chi connectivity index (χ3n) is 4.96. The van der Waals surface area contributed by atoms with Gasteiger partial charge in [-0.05, 0) is 49.3 Å². The smallest absolute Gasteiger partial charge is 0.307 e. The zero-order valence-corrected chi connectivity index (χ0v) is 11.9. The van der Waals surface area contributed by atoms with Gasteiger partial charge in [0.1, 0.15) is 5.82 Å². The van der Waals surface area contributed by atoms with Crippen LogP contribution in [0.25, 0.3) is 0 Å². The number of nitrogens with zero attached hydrogens (tertiary/aromatic N) is 1. The Hall–Kier alpha value is -1.91. The highest BCUT2D eigenvalue weighted by Crippen LogP contribution is 2.59. The summed E-state index contributed by atoms with van der Waals surface area (Å²) in [6.45, 7) is 2.90. The van der Waals surface area contributed by atoms with Gasteiger partial charge < -0.3 is 10.0 Å². The predicted molar refractivity (Wildman–Crippen MR) is 74.5 cm³/mol. The van der Waals surface area contributed by atoms with Crippen LogP contribution in [0.5, 0.6) is 0 Å². The molecule has 0 bridgehead atoms. The van der Waals surface area contributed by atoms with E-state index in [1.807, 2.05) is 0 Å². The first kappa shape index (κ1) is 14.0. The maximum atomic E-state index is 13.3. The maximum absolute atomic E-state index is 13.3. The van der Waals surface area contributed by atoms with E-state index in [4.69, 9.17) is 5.11 Å². The van der Waals surface area contributed by atoms with Crippen molar-refractivity contribution in [2.24, 2.45) is 11.3 Å². The minimum atomic E-state index is -0.726. The number of halogens is 1. The van der Waals surface area contributed by atoms with Gasteiger partial charge in [0.25, 0.3) is 5.91 Å². The van der Waals surface area contributed by atoms with E-state index in [0.717, 1.165) is 24.8 Å². The van der Waals surface area contributed by atoms with Crippen molar-refractivity contribution in [3.8, 4) is 0 Å². The number of aryl methyl sites for hydroxylation is 1. The van der Waals surface area contributed by atoms with Gasteiger partial charge in [0.15, 0.2) is 0 Å². The lowest BCUT2D eigenvalue weighted by Gasteiger charge is -2.33. The summed E-state index contributed by atoms with van der Waals surface area (Å²) in [6.07, 6.45) is 2.18. The highest BCUT2D eigenvalue weighted by Gasteiger charge is 2.59. The molecule has 1 aliphatic heterocycles. The first-order valence-electron chi connectivity index (χ1n) is 7.21. The fourth-order valence-electron chi connectivity index (χ4n) is 3.40. The second-order valence-electron chi connectivity index (χ2n) is 6.21. The van der Waals surface area contributed by atoms with Crippen molar-refractivity contribution >= 4 is 11.9 Å². The molecule has 1 heterocycles. The van der Waals surface area contributed by atoms with Crippen LogP contribution in [0, 0.1) is 24.1 Å². The molecule has 1 N–H and O–H groups in total. The lowest BCUT2D eigenvalue weighted by atomic mass is 9.90. The summed E-state index contributed by atoms with van der Waals surface area (Å²) in [7, 11) is 0. The zero-order valence-electron chi connectivity index (χ0n) is 11.9. The number of piperidine rings is 1. The maximum Gasteiger partial charge on any atom is 0.307 e. The Balaban J connectivity index is 1.69. The average molecular weight is 291 g/mol. The topological polar surface area (TPSA) is 57.6 Å². The van der Waals surface area contributed by atoms with Crippen LogP contribution in [-0.4, -0.2) is 35.0 Å². The molecular formula is C16H18FNO3. The molecule has 1 aliphatic carbocycles. The minimum absolute atomic E-state index is 0.0976. The fraction of sp³-hybridized carbons (Fsp3) is 0.500. The quantitative estimate of drug-likeness (QED) is 0.910. The normalized spacial score (nSPS) is 23.1. The third-order valence-corrected chi connectivity index (χ3v) is 4.96. The van der Waals surface area contributed by atoms with Crippen LogP contribution in [0.3, 0.4) is 0 Å². The number of carbonyl (C=O) groups excluding carboxylic acids is 1. The van der Waals surface area contributed by atoms with E-state index in [9.17, 15) is 14.0 Å². The number of benzene rings is 1. The summed E-state index contributed by atoms with van der Waals surface area (Å²) >= 11 is 0. The molecule has 1 atom stereocenters. The summed E-state index contributed by atoms with van der Waals surface area (Å²) in [4.78, 5) is 25.2. The highest BCUT2D eigenvalue weighted by molar-refractivity contribution is 5.95. The van der Waals surface area contributed by atoms with E-state index in [2.05, 4.69) is 0 Å². The summed E-state index contributed by atoms with van der Waals surface area (Å²) in [5.41, 5.74) is 1.06. The molecule has 2 fully saturated rings. The van der Waals surface area contributed by atoms with Crippen molar-refractivity contribution in [1.82, 2.24) is 4.90 Å². The molecule has 4 nitrogen and oxygen atoms in total. The van der Waals surface area contributed by atoms with E-state index in [1.54, 1.807) is 17.9 Å². The molecule has 1 aromatic carbocycles. The van der Waals surface area contributed by atoms with Crippen LogP contribution >= 0.6 is 0 Å². The Morgan fingerprint density at radius 3 is 2.57 bits per heavy atom. The number of hydrogen-bond acceptors (Lipinski definition) is 2. The van der Waals surface area contributed by atoms with Gasteiger partial charge in [-0.3, -0.25) is 9.59 Å². The van der Waals surface area contributed by atoms with E-state index < -0.39 is 11.8 Å². The number of likely N-dealkylation sites (tertiary alicyclic amines) is 1. The summed E-state index contributed by atoms with van der Waals surface area (Å²) in [5.74, 6) is -1.54. The number of rotatable bonds is 2. The molecule has 1 spiro atoms. The van der Waals surface area contributed by atoms with E-state index in [0.29, 0.717) is 18.7 Å². The Kier molecular flexibility index (Phi) is 3.23. The second kappa shape index (κ2) is 4.83. The number of amides is 1. The molecule has 1 unspecified atom stereocenters. The molecule has 21 heavy (non-hydrogen) atoms. The van der Waals surface area contributed by atoms with Crippen LogP contribution in [0.1, 0.15) is 35.2 Å². The van der Waals surface area contributed by atoms with Crippen molar-refractivity contribution in [1.29, 1.82) is 0 Å². The molecular weight excluding hydrogens is 273 g/mol. The first-order valence-corrected chi connectivity index (χ1v) is 7.21. The summed E-state index contributed by atoms with van der Waals surface area (Å²) < 4.78 is 13.3. The molecule has 1 aromatic rings. The van der Waals surface area contributed by atoms with E-state index >= 15 is 0 Å². The van der Waals surface area contributed by atoms with Gasteiger partial charge >= 0.3 is 5.97 Å². The lowest BCUT2D eigenvalue weighted by Crippen LogP contribution is -2.40. The van der Waals surface area contributed by atoms with Crippen LogP contribution < -0.4 is 0 Å². The van der Waals surface area contributed by atoms with Crippen LogP contribution in [0.2, 0.25) is 0 Å². The lowest BCUT2D eigenvalue weighted by molar-refractivity contribution is -0.139. The van der Waals surface area contributed by atoms with E-state index in [-0.39, 0.29) is 17.2 Å². The Labute approximate surface area is 122 Å². The highest BCUT2D eigenvalue weighted by atomic mass is 19.1. The van der Waals surface area contributed by atoms with Gasteiger partial charge in [-0.1, -0.05) is 6.07 Å². The Morgan fingerprint density at radius 1 is 1.33 bits per heavy atom. The largest absolute Gasteiger partial charge is 0.481 e. The molecule has 1 saturated heterocycles. The van der Waals surface area contributed by atoms with Gasteiger partial charge in [-0.15, -0.1) is 0 Å². The number of carboxylic acids is 1. The van der Waals surface area contributed by atoms with Crippen LogP contribution in [-0.2, 0) is 4.79 Å². The first-order chi connectivity index (χ1) is 9.93. The minimum Gasteiger partial charge on any atom is -0.481 e. The van der Waals surface area contributed by atoms with Crippen molar-refractivity contribution in [3.05, 3.63) is 35.1 Å².